The molecule has 0 aromatic heterocycles. The molecule has 0 atom stereocenters. The molecule has 2 aliphatic rings. The minimum absolute atomic E-state index is 0.0635. The zero-order chi connectivity index (χ0) is 18.0. The first kappa shape index (κ1) is 17.5. The van der Waals surface area contributed by atoms with Gasteiger partial charge in [-0.05, 0) is 36.6 Å². The van der Waals surface area contributed by atoms with Crippen LogP contribution in [0, 0.1) is 0 Å². The van der Waals surface area contributed by atoms with Gasteiger partial charge in [-0.2, -0.15) is 0 Å². The van der Waals surface area contributed by atoms with Gasteiger partial charge in [-0.25, -0.2) is 4.79 Å². The quantitative estimate of drug-likeness (QED) is 0.662. The predicted octanol–water partition coefficient (Wildman–Crippen LogP) is 3.14. The summed E-state index contributed by atoms with van der Waals surface area (Å²) in [7, 11) is 1.51. The molecule has 2 fully saturated rings. The van der Waals surface area contributed by atoms with Crippen molar-refractivity contribution in [1.29, 1.82) is 0 Å². The standard InChI is InChI=1S/C18H19ClN2O4/c1-25-15-8-7-11(10-14(15)19)9-13-16(22)20-18(24)21(17(13)23)12-5-3-2-4-6-12/h7-10,12H,2-6H2,1H3,(H,20,22,24)/b13-9-. The third-order valence-corrected chi connectivity index (χ3v) is 4.86. The van der Waals surface area contributed by atoms with Gasteiger partial charge in [0, 0.05) is 6.04 Å². The van der Waals surface area contributed by atoms with Crippen molar-refractivity contribution in [3.05, 3.63) is 34.4 Å². The van der Waals surface area contributed by atoms with E-state index >= 15 is 0 Å². The lowest BCUT2D eigenvalue weighted by Crippen LogP contribution is -2.58. The summed E-state index contributed by atoms with van der Waals surface area (Å²) in [6, 6.07) is 4.17. The number of urea groups is 1. The van der Waals surface area contributed by atoms with E-state index < -0.39 is 17.8 Å². The van der Waals surface area contributed by atoms with Gasteiger partial charge in [0.25, 0.3) is 11.8 Å². The topological polar surface area (TPSA) is 75.7 Å². The molecule has 1 aromatic carbocycles. The second-order valence-corrected chi connectivity index (χ2v) is 6.59. The van der Waals surface area contributed by atoms with Crippen molar-refractivity contribution in [3.63, 3.8) is 0 Å². The average Bonchev–Trinajstić information content (AvgIpc) is 2.59. The number of hydrogen-bond donors (Lipinski definition) is 1. The number of amides is 4. The molecule has 1 aliphatic heterocycles. The number of barbiturate groups is 1. The van der Waals surface area contributed by atoms with Crippen molar-refractivity contribution in [3.8, 4) is 5.75 Å². The van der Waals surface area contributed by atoms with Gasteiger partial charge in [-0.15, -0.1) is 0 Å². The predicted molar refractivity (Wildman–Crippen MR) is 93.2 cm³/mol. The lowest BCUT2D eigenvalue weighted by atomic mass is 9.93. The molecule has 4 amide bonds. The normalized spacial score (nSPS) is 20.8. The highest BCUT2D eigenvalue weighted by molar-refractivity contribution is 6.33. The monoisotopic (exact) mass is 362 g/mol. The molecule has 0 bridgehead atoms. The lowest BCUT2D eigenvalue weighted by molar-refractivity contribution is -0.132. The number of nitrogens with one attached hydrogen (secondary N) is 1. The number of rotatable bonds is 3. The highest BCUT2D eigenvalue weighted by atomic mass is 35.5. The Bertz CT molecular complexity index is 753. The summed E-state index contributed by atoms with van der Waals surface area (Å²) in [5.41, 5.74) is 0.522. The fraction of sp³-hybridized carbons (Fsp3) is 0.389. The molecule has 3 rings (SSSR count). The Morgan fingerprint density at radius 1 is 1.20 bits per heavy atom. The van der Waals surface area contributed by atoms with E-state index in [1.54, 1.807) is 18.2 Å². The van der Waals surface area contributed by atoms with Gasteiger partial charge >= 0.3 is 6.03 Å². The van der Waals surface area contributed by atoms with Crippen molar-refractivity contribution in [2.45, 2.75) is 38.1 Å². The molecule has 1 aromatic rings. The lowest BCUT2D eigenvalue weighted by Gasteiger charge is -2.35. The highest BCUT2D eigenvalue weighted by Crippen LogP contribution is 2.28. The van der Waals surface area contributed by atoms with Crippen LogP contribution in [0.25, 0.3) is 6.08 Å². The van der Waals surface area contributed by atoms with Gasteiger partial charge in [0.2, 0.25) is 0 Å². The van der Waals surface area contributed by atoms with E-state index in [1.807, 2.05) is 0 Å². The number of nitrogens with zero attached hydrogens (tertiary/aromatic N) is 1. The molecule has 0 radical (unpaired) electrons. The van der Waals surface area contributed by atoms with E-state index in [2.05, 4.69) is 5.32 Å². The van der Waals surface area contributed by atoms with Crippen LogP contribution in [0.1, 0.15) is 37.7 Å². The van der Waals surface area contributed by atoms with Crippen molar-refractivity contribution in [2.75, 3.05) is 7.11 Å². The van der Waals surface area contributed by atoms with Crippen LogP contribution in [0.3, 0.4) is 0 Å². The van der Waals surface area contributed by atoms with Crippen LogP contribution in [-0.4, -0.2) is 35.9 Å². The molecule has 0 unspecified atom stereocenters. The van der Waals surface area contributed by atoms with E-state index in [0.717, 1.165) is 32.1 Å². The number of ether oxygens (including phenoxy) is 1. The summed E-state index contributed by atoms with van der Waals surface area (Å²) in [5, 5.41) is 2.64. The van der Waals surface area contributed by atoms with Crippen molar-refractivity contribution < 1.29 is 19.1 Å². The first-order valence-corrected chi connectivity index (χ1v) is 8.63. The molecule has 132 valence electrons. The van der Waals surface area contributed by atoms with Crippen molar-refractivity contribution in [1.82, 2.24) is 10.2 Å². The number of carbonyl (C=O) groups is 3. The molecule has 6 nitrogen and oxygen atoms in total. The zero-order valence-electron chi connectivity index (χ0n) is 13.9. The second kappa shape index (κ2) is 7.27. The van der Waals surface area contributed by atoms with Gasteiger partial charge in [0.15, 0.2) is 0 Å². The SMILES string of the molecule is COc1ccc(/C=C2/C(=O)NC(=O)N(C3CCCCC3)C2=O)cc1Cl. The summed E-state index contributed by atoms with van der Waals surface area (Å²) in [5.74, 6) is -0.733. The summed E-state index contributed by atoms with van der Waals surface area (Å²) in [6.45, 7) is 0. The van der Waals surface area contributed by atoms with Crippen LogP contribution >= 0.6 is 11.6 Å². The third kappa shape index (κ3) is 3.54. The Labute approximate surface area is 150 Å². The molecule has 1 saturated carbocycles. The first-order chi connectivity index (χ1) is 12.0. The third-order valence-electron chi connectivity index (χ3n) is 4.56. The molecule has 1 N–H and O–H groups in total. The Hall–Kier alpha value is -2.34. The Balaban J connectivity index is 1.91. The van der Waals surface area contributed by atoms with Crippen LogP contribution in [-0.2, 0) is 9.59 Å². The maximum atomic E-state index is 12.8. The van der Waals surface area contributed by atoms with E-state index in [1.165, 1.54) is 18.1 Å². The van der Waals surface area contributed by atoms with Crippen LogP contribution in [0.2, 0.25) is 5.02 Å². The summed E-state index contributed by atoms with van der Waals surface area (Å²) in [6.07, 6.45) is 6.05. The molecule has 1 heterocycles. The largest absolute Gasteiger partial charge is 0.495 e. The van der Waals surface area contributed by atoms with E-state index in [-0.39, 0.29) is 11.6 Å². The van der Waals surface area contributed by atoms with Crippen LogP contribution in [0.4, 0.5) is 4.79 Å². The molecule has 1 aliphatic carbocycles. The summed E-state index contributed by atoms with van der Waals surface area (Å²) in [4.78, 5) is 38.3. The number of imide groups is 2. The zero-order valence-corrected chi connectivity index (χ0v) is 14.6. The highest BCUT2D eigenvalue weighted by Gasteiger charge is 2.40. The van der Waals surface area contributed by atoms with Crippen molar-refractivity contribution in [2.24, 2.45) is 0 Å². The van der Waals surface area contributed by atoms with E-state index in [0.29, 0.717) is 16.3 Å². The number of hydrogen-bond acceptors (Lipinski definition) is 4. The molecule has 1 saturated heterocycles. The van der Waals surface area contributed by atoms with Gasteiger partial charge < -0.3 is 4.74 Å². The Morgan fingerprint density at radius 2 is 1.92 bits per heavy atom. The van der Waals surface area contributed by atoms with Gasteiger partial charge in [-0.1, -0.05) is 36.9 Å². The average molecular weight is 363 g/mol. The van der Waals surface area contributed by atoms with Crippen LogP contribution in [0.5, 0.6) is 5.75 Å². The van der Waals surface area contributed by atoms with Gasteiger partial charge in [0.1, 0.15) is 11.3 Å². The minimum Gasteiger partial charge on any atom is -0.495 e. The van der Waals surface area contributed by atoms with Crippen molar-refractivity contribution >= 4 is 35.5 Å². The number of methoxy groups -OCH3 is 1. The molecule has 7 heteroatoms. The van der Waals surface area contributed by atoms with Gasteiger partial charge in [-0.3, -0.25) is 19.8 Å². The first-order valence-electron chi connectivity index (χ1n) is 8.25. The van der Waals surface area contributed by atoms with E-state index in [4.69, 9.17) is 16.3 Å². The molecule has 0 spiro atoms. The second-order valence-electron chi connectivity index (χ2n) is 6.18. The molecular weight excluding hydrogens is 344 g/mol. The molecular formula is C18H19ClN2O4. The fourth-order valence-electron chi connectivity index (χ4n) is 3.28. The number of halogens is 1. The number of carbonyl (C=O) groups excluding carboxylic acids is 3. The minimum atomic E-state index is -0.686. The van der Waals surface area contributed by atoms with Crippen LogP contribution in [0.15, 0.2) is 23.8 Å². The van der Waals surface area contributed by atoms with E-state index in [9.17, 15) is 14.4 Å². The Kier molecular flexibility index (Phi) is 5.08. The molecule has 25 heavy (non-hydrogen) atoms. The maximum Gasteiger partial charge on any atom is 0.331 e. The fourth-order valence-corrected chi connectivity index (χ4v) is 3.55. The smallest absolute Gasteiger partial charge is 0.331 e. The summed E-state index contributed by atoms with van der Waals surface area (Å²) >= 11 is 6.09. The Morgan fingerprint density at radius 3 is 2.56 bits per heavy atom. The number of benzene rings is 1. The van der Waals surface area contributed by atoms with Gasteiger partial charge in [0.05, 0.1) is 12.1 Å². The summed E-state index contributed by atoms with van der Waals surface area (Å²) < 4.78 is 5.09. The maximum absolute atomic E-state index is 12.8. The van der Waals surface area contributed by atoms with Crippen LogP contribution < -0.4 is 10.1 Å².